The van der Waals surface area contributed by atoms with Crippen LogP contribution in [0, 0.1) is 18.7 Å². The molecule has 0 saturated carbocycles. The fourth-order valence-corrected chi connectivity index (χ4v) is 5.85. The highest BCUT2D eigenvalue weighted by molar-refractivity contribution is 5.64. The second-order valence-corrected chi connectivity index (χ2v) is 11.5. The number of alkyl halides is 3. The van der Waals surface area contributed by atoms with Crippen LogP contribution in [0.5, 0.6) is 0 Å². The van der Waals surface area contributed by atoms with E-state index in [2.05, 4.69) is 50.1 Å². The van der Waals surface area contributed by atoms with Crippen molar-refractivity contribution in [3.8, 4) is 11.1 Å². The number of nitrogens with one attached hydrogen (secondary N) is 2. The molecule has 0 saturated heterocycles. The molecule has 3 rings (SSSR count). The number of halogens is 4. The molecule has 0 aliphatic carbocycles. The van der Waals surface area contributed by atoms with Gasteiger partial charge in [-0.1, -0.05) is 102 Å². The number of benzene rings is 3. The van der Waals surface area contributed by atoms with E-state index in [1.165, 1.54) is 43.9 Å². The zero-order valence-corrected chi connectivity index (χ0v) is 25.5. The number of rotatable bonds is 16. The maximum Gasteiger partial charge on any atom is 0.416 e. The molecule has 0 aliphatic rings. The van der Waals surface area contributed by atoms with Crippen LogP contribution in [0.15, 0.2) is 79.0 Å². The molecule has 0 aromatic heterocycles. The first-order chi connectivity index (χ1) is 20.0. The third-order valence-corrected chi connectivity index (χ3v) is 8.27. The van der Waals surface area contributed by atoms with Gasteiger partial charge in [-0.05, 0) is 78.3 Å². The molecule has 2 atom stereocenters. The van der Waals surface area contributed by atoms with Gasteiger partial charge in [-0.25, -0.2) is 4.39 Å². The lowest BCUT2D eigenvalue weighted by Gasteiger charge is -2.37. The Morgan fingerprint density at radius 2 is 1.43 bits per heavy atom. The predicted octanol–water partition coefficient (Wildman–Crippen LogP) is 11.0. The van der Waals surface area contributed by atoms with Crippen LogP contribution < -0.4 is 10.6 Å². The van der Waals surface area contributed by atoms with E-state index in [1.54, 1.807) is 19.1 Å². The maximum absolute atomic E-state index is 13.8. The molecule has 3 aromatic rings. The van der Waals surface area contributed by atoms with Crippen LogP contribution >= 0.6 is 0 Å². The van der Waals surface area contributed by atoms with Crippen molar-refractivity contribution in [2.24, 2.45) is 5.92 Å². The first kappa shape index (κ1) is 33.4. The first-order valence-electron chi connectivity index (χ1n) is 15.3. The first-order valence-corrected chi connectivity index (χ1v) is 15.3. The summed E-state index contributed by atoms with van der Waals surface area (Å²) in [5.41, 5.74) is 4.02. The highest BCUT2D eigenvalue weighted by Crippen LogP contribution is 2.36. The average molecular weight is 583 g/mol. The van der Waals surface area contributed by atoms with Gasteiger partial charge in [0.1, 0.15) is 5.82 Å². The summed E-state index contributed by atoms with van der Waals surface area (Å²) in [4.78, 5) is 0. The topological polar surface area (TPSA) is 24.1 Å². The van der Waals surface area contributed by atoms with Crippen molar-refractivity contribution in [3.05, 3.63) is 102 Å². The Morgan fingerprint density at radius 3 is 1.95 bits per heavy atom. The minimum atomic E-state index is -4.35. The van der Waals surface area contributed by atoms with Gasteiger partial charge in [0.15, 0.2) is 0 Å². The van der Waals surface area contributed by atoms with E-state index in [9.17, 15) is 17.6 Å². The van der Waals surface area contributed by atoms with Crippen LogP contribution in [-0.2, 0) is 11.7 Å². The third kappa shape index (κ3) is 9.19. The number of anilines is 1. The van der Waals surface area contributed by atoms with Gasteiger partial charge in [0, 0.05) is 23.5 Å². The summed E-state index contributed by atoms with van der Waals surface area (Å²) in [6.45, 7) is 13.2. The van der Waals surface area contributed by atoms with Crippen molar-refractivity contribution in [2.75, 3.05) is 11.9 Å². The van der Waals surface area contributed by atoms with E-state index in [4.69, 9.17) is 0 Å². The van der Waals surface area contributed by atoms with E-state index in [0.29, 0.717) is 12.1 Å². The predicted molar refractivity (Wildman–Crippen MR) is 168 cm³/mol. The van der Waals surface area contributed by atoms with Gasteiger partial charge < -0.3 is 10.6 Å². The molecule has 2 N–H and O–H groups in total. The Kier molecular flexibility index (Phi) is 12.2. The molecule has 228 valence electrons. The van der Waals surface area contributed by atoms with Gasteiger partial charge in [0.2, 0.25) is 0 Å². The summed E-state index contributed by atoms with van der Waals surface area (Å²) < 4.78 is 52.9. The zero-order chi connectivity index (χ0) is 30.8. The van der Waals surface area contributed by atoms with Crippen molar-refractivity contribution in [1.82, 2.24) is 5.32 Å². The molecule has 0 aliphatic heterocycles. The Labute approximate surface area is 249 Å². The lowest BCUT2D eigenvalue weighted by atomic mass is 9.79. The normalized spacial score (nSPS) is 13.9. The second kappa shape index (κ2) is 15.4. The number of aryl methyl sites for hydroxylation is 1. The summed E-state index contributed by atoms with van der Waals surface area (Å²) >= 11 is 0. The van der Waals surface area contributed by atoms with Crippen molar-refractivity contribution < 1.29 is 17.6 Å². The lowest BCUT2D eigenvalue weighted by Crippen LogP contribution is -2.44. The molecule has 0 spiro atoms. The number of hydrogen-bond donors (Lipinski definition) is 2. The Morgan fingerprint density at radius 1 is 0.810 bits per heavy atom. The molecule has 0 amide bonds. The Balaban J connectivity index is 1.84. The molecule has 2 unspecified atom stereocenters. The lowest BCUT2D eigenvalue weighted by molar-refractivity contribution is -0.137. The van der Waals surface area contributed by atoms with Crippen LogP contribution in [0.3, 0.4) is 0 Å². The average Bonchev–Trinajstić information content (AvgIpc) is 2.97. The van der Waals surface area contributed by atoms with Crippen molar-refractivity contribution in [2.45, 2.75) is 90.8 Å². The number of hydrogen-bond acceptors (Lipinski definition) is 2. The second-order valence-electron chi connectivity index (χ2n) is 11.5. The van der Waals surface area contributed by atoms with Crippen LogP contribution in [0.4, 0.5) is 23.2 Å². The van der Waals surface area contributed by atoms with E-state index in [1.807, 2.05) is 12.1 Å². The minimum Gasteiger partial charge on any atom is -0.358 e. The van der Waals surface area contributed by atoms with E-state index in [-0.39, 0.29) is 11.4 Å². The maximum atomic E-state index is 13.8. The minimum absolute atomic E-state index is 0.237. The summed E-state index contributed by atoms with van der Waals surface area (Å²) in [5.74, 6) is 0.481. The molecule has 0 fully saturated rings. The van der Waals surface area contributed by atoms with Gasteiger partial charge in [-0.15, -0.1) is 0 Å². The zero-order valence-electron chi connectivity index (χ0n) is 25.5. The standard InChI is InChI=1S/C36H46F4N2/c1-6-10-28(8-3)11-9-23-35(22-7-2,41-25-27(5)42-33-20-21-34(37)26(4)24-33)31-16-12-29(13-17-31)30-14-18-32(19-15-30)36(38,39)40/h12-21,24,28,41-42H,5-11,22-23,25H2,1-4H3. The van der Waals surface area contributed by atoms with Crippen molar-refractivity contribution in [1.29, 1.82) is 0 Å². The molecular weight excluding hydrogens is 536 g/mol. The molecule has 42 heavy (non-hydrogen) atoms. The molecule has 6 heteroatoms. The van der Waals surface area contributed by atoms with E-state index < -0.39 is 11.7 Å². The van der Waals surface area contributed by atoms with Crippen LogP contribution in [-0.4, -0.2) is 6.54 Å². The van der Waals surface area contributed by atoms with Gasteiger partial charge in [-0.2, -0.15) is 13.2 Å². The van der Waals surface area contributed by atoms with Crippen molar-refractivity contribution >= 4 is 5.69 Å². The molecule has 3 aromatic carbocycles. The largest absolute Gasteiger partial charge is 0.416 e. The fraction of sp³-hybridized carbons (Fsp3) is 0.444. The highest BCUT2D eigenvalue weighted by Gasteiger charge is 2.32. The van der Waals surface area contributed by atoms with Gasteiger partial charge in [0.05, 0.1) is 5.56 Å². The summed E-state index contributed by atoms with van der Waals surface area (Å²) in [5, 5.41) is 7.16. The molecular formula is C36H46F4N2. The third-order valence-electron chi connectivity index (χ3n) is 8.27. The van der Waals surface area contributed by atoms with Crippen LogP contribution in [0.1, 0.15) is 88.8 Å². The van der Waals surface area contributed by atoms with Crippen LogP contribution in [0.2, 0.25) is 0 Å². The smallest absolute Gasteiger partial charge is 0.358 e. The summed E-state index contributed by atoms with van der Waals surface area (Å²) in [6, 6.07) is 18.5. The summed E-state index contributed by atoms with van der Waals surface area (Å²) in [7, 11) is 0. The van der Waals surface area contributed by atoms with Gasteiger partial charge in [0.25, 0.3) is 0 Å². The highest BCUT2D eigenvalue weighted by atomic mass is 19.4. The molecule has 0 heterocycles. The van der Waals surface area contributed by atoms with Gasteiger partial charge in [-0.3, -0.25) is 0 Å². The Bertz CT molecular complexity index is 1270. The van der Waals surface area contributed by atoms with E-state index in [0.717, 1.165) is 71.8 Å². The molecule has 0 bridgehead atoms. The Hall–Kier alpha value is -3.12. The summed E-state index contributed by atoms with van der Waals surface area (Å²) in [6.07, 6.45) is 4.40. The van der Waals surface area contributed by atoms with E-state index >= 15 is 0 Å². The van der Waals surface area contributed by atoms with Crippen molar-refractivity contribution in [3.63, 3.8) is 0 Å². The fourth-order valence-electron chi connectivity index (χ4n) is 5.85. The van der Waals surface area contributed by atoms with Gasteiger partial charge >= 0.3 is 6.18 Å². The van der Waals surface area contributed by atoms with Crippen LogP contribution in [0.25, 0.3) is 11.1 Å². The SMILES string of the molecule is C=C(CNC(CCC)(CCCC(CC)CCC)c1ccc(-c2ccc(C(F)(F)F)cc2)cc1)Nc1ccc(F)c(C)c1. The molecule has 2 nitrogen and oxygen atoms in total. The monoisotopic (exact) mass is 582 g/mol. The molecule has 0 radical (unpaired) electrons. The quantitative estimate of drug-likeness (QED) is 0.164.